The lowest BCUT2D eigenvalue weighted by Crippen LogP contribution is -2.39. The number of para-hydroxylation sites is 1. The summed E-state index contributed by atoms with van der Waals surface area (Å²) in [7, 11) is -3.76. The minimum absolute atomic E-state index is 0.0107. The van der Waals surface area contributed by atoms with Crippen molar-refractivity contribution < 1.29 is 17.9 Å². The first-order valence-electron chi connectivity index (χ1n) is 8.51. The predicted molar refractivity (Wildman–Crippen MR) is 99.9 cm³/mol. The van der Waals surface area contributed by atoms with E-state index in [1.54, 1.807) is 17.0 Å². The highest BCUT2D eigenvalue weighted by Gasteiger charge is 2.25. The van der Waals surface area contributed by atoms with E-state index in [2.05, 4.69) is 4.72 Å². The summed E-state index contributed by atoms with van der Waals surface area (Å²) in [4.78, 5) is 14.2. The van der Waals surface area contributed by atoms with Crippen molar-refractivity contribution >= 4 is 21.6 Å². The zero-order chi connectivity index (χ0) is 18.7. The van der Waals surface area contributed by atoms with E-state index in [0.29, 0.717) is 12.3 Å². The molecule has 7 heteroatoms. The van der Waals surface area contributed by atoms with Crippen LogP contribution in [0.25, 0.3) is 0 Å². The third-order valence-electron chi connectivity index (χ3n) is 4.11. The Balaban J connectivity index is 1.64. The van der Waals surface area contributed by atoms with Gasteiger partial charge in [-0.2, -0.15) is 0 Å². The number of ether oxygens (including phenoxy) is 1. The van der Waals surface area contributed by atoms with Crippen LogP contribution in [0, 0.1) is 0 Å². The maximum Gasteiger partial charge on any atom is 0.242 e. The maximum absolute atomic E-state index is 12.4. The van der Waals surface area contributed by atoms with Crippen LogP contribution in [0.1, 0.15) is 19.4 Å². The second-order valence-corrected chi connectivity index (χ2v) is 8.15. The van der Waals surface area contributed by atoms with E-state index in [9.17, 15) is 13.2 Å². The number of fused-ring (bicyclic) bond motifs is 1. The number of sulfonamides is 1. The molecule has 1 aliphatic rings. The highest BCUT2D eigenvalue weighted by atomic mass is 32.2. The largest absolute Gasteiger partial charge is 0.491 e. The van der Waals surface area contributed by atoms with Crippen LogP contribution in [-0.4, -0.2) is 33.5 Å². The molecule has 0 bridgehead atoms. The summed E-state index contributed by atoms with van der Waals surface area (Å²) in [6.45, 7) is 4.09. The summed E-state index contributed by atoms with van der Waals surface area (Å²) in [6, 6.07) is 13.8. The van der Waals surface area contributed by atoms with E-state index >= 15 is 0 Å². The van der Waals surface area contributed by atoms with Crippen LogP contribution >= 0.6 is 0 Å². The van der Waals surface area contributed by atoms with Crippen molar-refractivity contribution in [2.45, 2.75) is 31.3 Å². The molecule has 0 saturated heterocycles. The average molecular weight is 374 g/mol. The molecular formula is C19H22N2O4S. The summed E-state index contributed by atoms with van der Waals surface area (Å²) in [5, 5.41) is 0. The molecule has 138 valence electrons. The monoisotopic (exact) mass is 374 g/mol. The number of carbonyl (C=O) groups excluding carboxylic acids is 1. The molecule has 1 N–H and O–H groups in total. The highest BCUT2D eigenvalue weighted by Crippen LogP contribution is 2.27. The van der Waals surface area contributed by atoms with Gasteiger partial charge in [-0.05, 0) is 56.2 Å². The first kappa shape index (κ1) is 18.4. The average Bonchev–Trinajstić information content (AvgIpc) is 3.04. The van der Waals surface area contributed by atoms with Crippen LogP contribution in [0.3, 0.4) is 0 Å². The van der Waals surface area contributed by atoms with Gasteiger partial charge in [0.15, 0.2) is 0 Å². The summed E-state index contributed by atoms with van der Waals surface area (Å²) in [6.07, 6.45) is 0.794. The van der Waals surface area contributed by atoms with Gasteiger partial charge in [0, 0.05) is 12.2 Å². The number of rotatable bonds is 6. The minimum atomic E-state index is -3.76. The van der Waals surface area contributed by atoms with Gasteiger partial charge in [0.25, 0.3) is 0 Å². The lowest BCUT2D eigenvalue weighted by molar-refractivity contribution is -0.117. The van der Waals surface area contributed by atoms with E-state index in [1.807, 2.05) is 38.1 Å². The van der Waals surface area contributed by atoms with Gasteiger partial charge in [0.2, 0.25) is 15.9 Å². The lowest BCUT2D eigenvalue weighted by atomic mass is 10.2. The molecule has 0 aromatic heterocycles. The molecule has 0 aliphatic carbocycles. The smallest absolute Gasteiger partial charge is 0.242 e. The zero-order valence-corrected chi connectivity index (χ0v) is 15.6. The van der Waals surface area contributed by atoms with Gasteiger partial charge < -0.3 is 9.64 Å². The number of benzene rings is 2. The van der Waals surface area contributed by atoms with Crippen molar-refractivity contribution in [3.05, 3.63) is 54.1 Å². The highest BCUT2D eigenvalue weighted by molar-refractivity contribution is 7.89. The van der Waals surface area contributed by atoms with E-state index in [1.165, 1.54) is 12.1 Å². The molecule has 3 rings (SSSR count). The number of hydrogen-bond acceptors (Lipinski definition) is 4. The van der Waals surface area contributed by atoms with Crippen molar-refractivity contribution in [3.63, 3.8) is 0 Å². The molecule has 0 unspecified atom stereocenters. The second-order valence-electron chi connectivity index (χ2n) is 6.39. The van der Waals surface area contributed by atoms with Crippen molar-refractivity contribution in [2.75, 3.05) is 18.0 Å². The molecule has 0 radical (unpaired) electrons. The normalized spacial score (nSPS) is 13.7. The van der Waals surface area contributed by atoms with Crippen LogP contribution in [-0.2, 0) is 21.2 Å². The van der Waals surface area contributed by atoms with Crippen molar-refractivity contribution in [3.8, 4) is 5.75 Å². The summed E-state index contributed by atoms with van der Waals surface area (Å²) in [5.74, 6) is 0.335. The molecule has 0 saturated carbocycles. The molecule has 0 fully saturated rings. The topological polar surface area (TPSA) is 75.7 Å². The first-order chi connectivity index (χ1) is 12.4. The van der Waals surface area contributed by atoms with Gasteiger partial charge in [0.05, 0.1) is 17.5 Å². The molecule has 2 aromatic carbocycles. The number of amides is 1. The fraction of sp³-hybridized carbons (Fsp3) is 0.316. The molecule has 1 heterocycles. The standard InChI is InChI=1S/C19H22N2O4S/c1-14(2)25-16-7-9-17(10-8-16)26(23,24)20-13-19(22)21-12-11-15-5-3-4-6-18(15)21/h3-10,14,20H,11-13H2,1-2H3. The quantitative estimate of drug-likeness (QED) is 0.842. The fourth-order valence-electron chi connectivity index (χ4n) is 2.90. The second kappa shape index (κ2) is 7.47. The Morgan fingerprint density at radius 1 is 1.15 bits per heavy atom. The number of nitrogens with zero attached hydrogens (tertiary/aromatic N) is 1. The van der Waals surface area contributed by atoms with Crippen LogP contribution in [0.4, 0.5) is 5.69 Å². The van der Waals surface area contributed by atoms with E-state index < -0.39 is 10.0 Å². The molecule has 0 spiro atoms. The van der Waals surface area contributed by atoms with E-state index in [4.69, 9.17) is 4.74 Å². The Morgan fingerprint density at radius 2 is 1.85 bits per heavy atom. The Hall–Kier alpha value is -2.38. The third kappa shape index (κ3) is 4.05. The van der Waals surface area contributed by atoms with Crippen molar-refractivity contribution in [2.24, 2.45) is 0 Å². The number of hydrogen-bond donors (Lipinski definition) is 1. The molecule has 26 heavy (non-hydrogen) atoms. The van der Waals surface area contributed by atoms with Crippen LogP contribution in [0.5, 0.6) is 5.75 Å². The predicted octanol–water partition coefficient (Wildman–Crippen LogP) is 2.34. The van der Waals surface area contributed by atoms with Crippen molar-refractivity contribution in [1.29, 1.82) is 0 Å². The van der Waals surface area contributed by atoms with Gasteiger partial charge in [-0.3, -0.25) is 4.79 Å². The maximum atomic E-state index is 12.4. The Labute approximate surface area is 153 Å². The fourth-order valence-corrected chi connectivity index (χ4v) is 3.88. The van der Waals surface area contributed by atoms with Gasteiger partial charge in [0.1, 0.15) is 5.75 Å². The van der Waals surface area contributed by atoms with Crippen LogP contribution in [0.15, 0.2) is 53.4 Å². The lowest BCUT2D eigenvalue weighted by Gasteiger charge is -2.17. The molecule has 1 amide bonds. The first-order valence-corrected chi connectivity index (χ1v) is 10.00. The van der Waals surface area contributed by atoms with E-state index in [-0.39, 0.29) is 23.5 Å². The van der Waals surface area contributed by atoms with Crippen LogP contribution in [0.2, 0.25) is 0 Å². The molecule has 1 aliphatic heterocycles. The van der Waals surface area contributed by atoms with E-state index in [0.717, 1.165) is 17.7 Å². The molecule has 2 aromatic rings. The van der Waals surface area contributed by atoms with Gasteiger partial charge >= 0.3 is 0 Å². The Kier molecular flexibility index (Phi) is 5.29. The molecule has 0 atom stereocenters. The summed E-state index contributed by atoms with van der Waals surface area (Å²) >= 11 is 0. The Morgan fingerprint density at radius 3 is 2.54 bits per heavy atom. The minimum Gasteiger partial charge on any atom is -0.491 e. The van der Waals surface area contributed by atoms with Gasteiger partial charge in [-0.25, -0.2) is 13.1 Å². The Bertz CT molecular complexity index is 892. The molecule has 6 nitrogen and oxygen atoms in total. The summed E-state index contributed by atoms with van der Waals surface area (Å²) in [5.41, 5.74) is 1.95. The number of nitrogens with one attached hydrogen (secondary N) is 1. The SMILES string of the molecule is CC(C)Oc1ccc(S(=O)(=O)NCC(=O)N2CCc3ccccc32)cc1. The molecular weight excluding hydrogens is 352 g/mol. The number of anilines is 1. The van der Waals surface area contributed by atoms with Gasteiger partial charge in [-0.15, -0.1) is 0 Å². The zero-order valence-electron chi connectivity index (χ0n) is 14.8. The third-order valence-corrected chi connectivity index (χ3v) is 5.52. The number of carbonyl (C=O) groups is 1. The van der Waals surface area contributed by atoms with Crippen LogP contribution < -0.4 is 14.4 Å². The summed E-state index contributed by atoms with van der Waals surface area (Å²) < 4.78 is 32.7. The van der Waals surface area contributed by atoms with Crippen molar-refractivity contribution in [1.82, 2.24) is 4.72 Å². The van der Waals surface area contributed by atoms with Gasteiger partial charge in [-0.1, -0.05) is 18.2 Å².